The molecule has 0 aliphatic carbocycles. The van der Waals surface area contributed by atoms with Gasteiger partial charge in [0, 0.05) is 23.5 Å². The Labute approximate surface area is 101 Å². The third-order valence-corrected chi connectivity index (χ3v) is 2.42. The predicted octanol–water partition coefficient (Wildman–Crippen LogP) is 3.33. The van der Waals surface area contributed by atoms with Gasteiger partial charge in [0.1, 0.15) is 0 Å². The van der Waals surface area contributed by atoms with Gasteiger partial charge >= 0.3 is 6.18 Å². The lowest BCUT2D eigenvalue weighted by atomic mass is 10.0. The van der Waals surface area contributed by atoms with Gasteiger partial charge in [-0.05, 0) is 24.3 Å². The van der Waals surface area contributed by atoms with Crippen LogP contribution in [0.4, 0.5) is 13.2 Å². The van der Waals surface area contributed by atoms with Gasteiger partial charge in [0.25, 0.3) is 0 Å². The monoisotopic (exact) mass is 251 g/mol. The summed E-state index contributed by atoms with van der Waals surface area (Å²) in [5.41, 5.74) is -0.160. The number of halogens is 3. The Morgan fingerprint density at radius 2 is 1.39 bits per heavy atom. The average molecular weight is 251 g/mol. The van der Waals surface area contributed by atoms with Crippen LogP contribution in [0.2, 0.25) is 0 Å². The second-order valence-electron chi connectivity index (χ2n) is 3.64. The summed E-state index contributed by atoms with van der Waals surface area (Å²) in [7, 11) is 0. The number of nitrogens with zero attached hydrogens (tertiary/aromatic N) is 1. The molecule has 0 saturated carbocycles. The van der Waals surface area contributed by atoms with Gasteiger partial charge in [-0.15, -0.1) is 0 Å². The Morgan fingerprint density at radius 1 is 0.889 bits per heavy atom. The van der Waals surface area contributed by atoms with Crippen molar-refractivity contribution in [3.8, 4) is 0 Å². The van der Waals surface area contributed by atoms with Gasteiger partial charge in [0.15, 0.2) is 5.78 Å². The zero-order chi connectivity index (χ0) is 13.2. The highest BCUT2D eigenvalue weighted by Crippen LogP contribution is 2.29. The molecule has 1 aromatic carbocycles. The molecule has 0 unspecified atom stereocenters. The number of rotatable bonds is 2. The Bertz CT molecular complexity index is 547. The summed E-state index contributed by atoms with van der Waals surface area (Å²) in [6, 6.07) is 7.17. The maximum Gasteiger partial charge on any atom is 0.416 e. The second-order valence-corrected chi connectivity index (χ2v) is 3.64. The first-order valence-corrected chi connectivity index (χ1v) is 5.10. The number of hydrogen-bond acceptors (Lipinski definition) is 2. The molecule has 2 nitrogen and oxygen atoms in total. The Balaban J connectivity index is 2.28. The van der Waals surface area contributed by atoms with Gasteiger partial charge in [-0.2, -0.15) is 13.2 Å². The van der Waals surface area contributed by atoms with Crippen LogP contribution in [0.5, 0.6) is 0 Å². The minimum Gasteiger partial charge on any atom is -0.289 e. The van der Waals surface area contributed by atoms with Crippen LogP contribution in [0.1, 0.15) is 21.5 Å². The van der Waals surface area contributed by atoms with Gasteiger partial charge in [-0.25, -0.2) is 0 Å². The molecule has 2 rings (SSSR count). The highest BCUT2D eigenvalue weighted by Gasteiger charge is 2.30. The first-order chi connectivity index (χ1) is 8.48. The minimum atomic E-state index is -4.39. The molecule has 5 heteroatoms. The summed E-state index contributed by atoms with van der Waals surface area (Å²) < 4.78 is 37.1. The summed E-state index contributed by atoms with van der Waals surface area (Å²) >= 11 is 0. The highest BCUT2D eigenvalue weighted by atomic mass is 19.4. The lowest BCUT2D eigenvalue weighted by molar-refractivity contribution is -0.137. The van der Waals surface area contributed by atoms with Gasteiger partial charge < -0.3 is 0 Å². The van der Waals surface area contributed by atoms with Gasteiger partial charge in [0.2, 0.25) is 0 Å². The standard InChI is InChI=1S/C13H8F3NO/c14-13(15,16)11-3-1-9(2-4-11)12(18)10-5-7-17-8-6-10/h1-8H. The van der Waals surface area contributed by atoms with Crippen LogP contribution in [0.3, 0.4) is 0 Å². The zero-order valence-electron chi connectivity index (χ0n) is 9.11. The smallest absolute Gasteiger partial charge is 0.289 e. The number of alkyl halides is 3. The van der Waals surface area contributed by atoms with E-state index in [9.17, 15) is 18.0 Å². The van der Waals surface area contributed by atoms with E-state index in [0.717, 1.165) is 12.1 Å². The summed E-state index contributed by atoms with van der Waals surface area (Å²) in [4.78, 5) is 15.7. The molecule has 0 N–H and O–H groups in total. The molecule has 0 bridgehead atoms. The lowest BCUT2D eigenvalue weighted by Gasteiger charge is -2.07. The number of carbonyl (C=O) groups excluding carboxylic acids is 1. The number of pyridine rings is 1. The van der Waals surface area contributed by atoms with E-state index < -0.39 is 11.7 Å². The van der Waals surface area contributed by atoms with E-state index in [-0.39, 0.29) is 11.3 Å². The number of benzene rings is 1. The lowest BCUT2D eigenvalue weighted by Crippen LogP contribution is -2.06. The Kier molecular flexibility index (Phi) is 3.14. The summed E-state index contributed by atoms with van der Waals surface area (Å²) in [5.74, 6) is -0.328. The molecule has 0 radical (unpaired) electrons. The molecular weight excluding hydrogens is 243 g/mol. The number of carbonyl (C=O) groups is 1. The van der Waals surface area contributed by atoms with E-state index in [1.165, 1.54) is 36.7 Å². The van der Waals surface area contributed by atoms with Crippen molar-refractivity contribution in [1.29, 1.82) is 0 Å². The van der Waals surface area contributed by atoms with Crippen molar-refractivity contribution >= 4 is 5.78 Å². The molecule has 0 fully saturated rings. The first-order valence-electron chi connectivity index (χ1n) is 5.10. The van der Waals surface area contributed by atoms with Crippen LogP contribution in [-0.2, 0) is 6.18 Å². The molecule has 0 spiro atoms. The Morgan fingerprint density at radius 3 is 1.89 bits per heavy atom. The average Bonchev–Trinajstić information content (AvgIpc) is 2.38. The molecule has 2 aromatic rings. The van der Waals surface area contributed by atoms with Crippen molar-refractivity contribution in [3.05, 3.63) is 65.5 Å². The molecule has 0 saturated heterocycles. The summed E-state index contributed by atoms with van der Waals surface area (Å²) in [5, 5.41) is 0. The number of hydrogen-bond donors (Lipinski definition) is 0. The van der Waals surface area contributed by atoms with E-state index in [0.29, 0.717) is 5.56 Å². The van der Waals surface area contributed by atoms with E-state index in [1.54, 1.807) is 0 Å². The van der Waals surface area contributed by atoms with E-state index in [1.807, 2.05) is 0 Å². The van der Waals surface area contributed by atoms with Crippen molar-refractivity contribution < 1.29 is 18.0 Å². The fourth-order valence-electron chi connectivity index (χ4n) is 1.48. The first kappa shape index (κ1) is 12.3. The quantitative estimate of drug-likeness (QED) is 0.766. The maximum atomic E-state index is 12.4. The largest absolute Gasteiger partial charge is 0.416 e. The van der Waals surface area contributed by atoms with Crippen LogP contribution in [0, 0.1) is 0 Å². The molecule has 0 atom stereocenters. The third-order valence-electron chi connectivity index (χ3n) is 2.42. The topological polar surface area (TPSA) is 30.0 Å². The van der Waals surface area contributed by atoms with Crippen LogP contribution in [0.25, 0.3) is 0 Å². The maximum absolute atomic E-state index is 12.4. The Hall–Kier alpha value is -2.17. The molecule has 0 aliphatic heterocycles. The van der Waals surface area contributed by atoms with Gasteiger partial charge in [-0.1, -0.05) is 12.1 Å². The zero-order valence-corrected chi connectivity index (χ0v) is 9.11. The minimum absolute atomic E-state index is 0.217. The molecule has 1 heterocycles. The van der Waals surface area contributed by atoms with Crippen LogP contribution < -0.4 is 0 Å². The molecule has 92 valence electrons. The second kappa shape index (κ2) is 4.60. The van der Waals surface area contributed by atoms with Crippen molar-refractivity contribution in [2.75, 3.05) is 0 Å². The fraction of sp³-hybridized carbons (Fsp3) is 0.0769. The van der Waals surface area contributed by atoms with Crippen molar-refractivity contribution in [2.45, 2.75) is 6.18 Å². The molecular formula is C13H8F3NO. The predicted molar refractivity (Wildman–Crippen MR) is 59.1 cm³/mol. The van der Waals surface area contributed by atoms with Crippen LogP contribution in [0.15, 0.2) is 48.8 Å². The van der Waals surface area contributed by atoms with Crippen molar-refractivity contribution in [3.63, 3.8) is 0 Å². The van der Waals surface area contributed by atoms with Crippen LogP contribution in [-0.4, -0.2) is 10.8 Å². The summed E-state index contributed by atoms with van der Waals surface area (Å²) in [6.07, 6.45) is -1.48. The number of aromatic nitrogens is 1. The van der Waals surface area contributed by atoms with Crippen molar-refractivity contribution in [2.24, 2.45) is 0 Å². The molecule has 0 amide bonds. The van der Waals surface area contributed by atoms with E-state index >= 15 is 0 Å². The molecule has 1 aromatic heterocycles. The van der Waals surface area contributed by atoms with E-state index in [4.69, 9.17) is 0 Å². The fourth-order valence-corrected chi connectivity index (χ4v) is 1.48. The van der Waals surface area contributed by atoms with Crippen LogP contribution >= 0.6 is 0 Å². The third kappa shape index (κ3) is 2.56. The highest BCUT2D eigenvalue weighted by molar-refractivity contribution is 6.08. The van der Waals surface area contributed by atoms with Crippen molar-refractivity contribution in [1.82, 2.24) is 4.98 Å². The van der Waals surface area contributed by atoms with Gasteiger partial charge in [-0.3, -0.25) is 9.78 Å². The molecule has 18 heavy (non-hydrogen) atoms. The number of ketones is 1. The SMILES string of the molecule is O=C(c1ccncc1)c1ccc(C(F)(F)F)cc1. The van der Waals surface area contributed by atoms with E-state index in [2.05, 4.69) is 4.98 Å². The normalized spacial score (nSPS) is 11.3. The molecule has 0 aliphatic rings. The van der Waals surface area contributed by atoms with Gasteiger partial charge in [0.05, 0.1) is 5.56 Å². The summed E-state index contributed by atoms with van der Waals surface area (Å²) in [6.45, 7) is 0.